The molecule has 0 aromatic heterocycles. The van der Waals surface area contributed by atoms with Gasteiger partial charge in [-0.3, -0.25) is 9.59 Å². The lowest BCUT2D eigenvalue weighted by Crippen LogP contribution is -2.51. The van der Waals surface area contributed by atoms with Gasteiger partial charge in [-0.2, -0.15) is 0 Å². The Morgan fingerprint density at radius 3 is 2.16 bits per heavy atom. The van der Waals surface area contributed by atoms with Gasteiger partial charge in [0.25, 0.3) is 5.91 Å². The van der Waals surface area contributed by atoms with Crippen molar-refractivity contribution in [2.24, 2.45) is 5.92 Å². The highest BCUT2D eigenvalue weighted by molar-refractivity contribution is 5.98. The molecule has 0 heterocycles. The third kappa shape index (κ3) is 6.08. The molecule has 1 rings (SSSR count). The standard InChI is InChI=1S/C18H27F2N3O2/c1-5-23(6-2)11-10-21-18(25)16(12(3)4)22-17(24)15-13(19)8-7-9-14(15)20/h7-9,12,16H,5-6,10-11H2,1-4H3,(H,21,25)(H,22,24). The van der Waals surface area contributed by atoms with Crippen molar-refractivity contribution >= 4 is 11.8 Å². The van der Waals surface area contributed by atoms with E-state index in [0.29, 0.717) is 13.1 Å². The van der Waals surface area contributed by atoms with Gasteiger partial charge < -0.3 is 15.5 Å². The maximum absolute atomic E-state index is 13.7. The maximum atomic E-state index is 13.7. The van der Waals surface area contributed by atoms with Crippen LogP contribution in [0, 0.1) is 17.6 Å². The molecule has 0 aliphatic rings. The summed E-state index contributed by atoms with van der Waals surface area (Å²) >= 11 is 0. The van der Waals surface area contributed by atoms with Crippen LogP contribution in [0.4, 0.5) is 8.78 Å². The minimum absolute atomic E-state index is 0.229. The van der Waals surface area contributed by atoms with Crippen molar-refractivity contribution < 1.29 is 18.4 Å². The van der Waals surface area contributed by atoms with Crippen molar-refractivity contribution in [3.05, 3.63) is 35.4 Å². The normalized spacial score (nSPS) is 12.3. The molecule has 2 N–H and O–H groups in total. The predicted octanol–water partition coefficient (Wildman–Crippen LogP) is 2.18. The van der Waals surface area contributed by atoms with Crippen molar-refractivity contribution in [3.63, 3.8) is 0 Å². The molecule has 140 valence electrons. The highest BCUT2D eigenvalue weighted by atomic mass is 19.1. The number of hydrogen-bond acceptors (Lipinski definition) is 3. The van der Waals surface area contributed by atoms with E-state index in [1.54, 1.807) is 13.8 Å². The van der Waals surface area contributed by atoms with Gasteiger partial charge in [0, 0.05) is 13.1 Å². The van der Waals surface area contributed by atoms with Crippen molar-refractivity contribution in [1.29, 1.82) is 0 Å². The second kappa shape index (κ2) is 10.1. The zero-order valence-corrected chi connectivity index (χ0v) is 15.2. The molecule has 0 fully saturated rings. The second-order valence-electron chi connectivity index (χ2n) is 6.11. The lowest BCUT2D eigenvalue weighted by Gasteiger charge is -2.23. The summed E-state index contributed by atoms with van der Waals surface area (Å²) < 4.78 is 27.4. The van der Waals surface area contributed by atoms with Crippen LogP contribution < -0.4 is 10.6 Å². The average molecular weight is 355 g/mol. The molecule has 1 aromatic carbocycles. The van der Waals surface area contributed by atoms with Gasteiger partial charge >= 0.3 is 0 Å². The number of carbonyl (C=O) groups excluding carboxylic acids is 2. The van der Waals surface area contributed by atoms with Gasteiger partial charge in [0.1, 0.15) is 23.2 Å². The Hall–Kier alpha value is -2.02. The smallest absolute Gasteiger partial charge is 0.257 e. The quantitative estimate of drug-likeness (QED) is 0.714. The van der Waals surface area contributed by atoms with E-state index in [1.807, 2.05) is 13.8 Å². The Morgan fingerprint density at radius 1 is 1.12 bits per heavy atom. The van der Waals surface area contributed by atoms with Crippen molar-refractivity contribution in [1.82, 2.24) is 15.5 Å². The molecule has 5 nitrogen and oxygen atoms in total. The fourth-order valence-corrected chi connectivity index (χ4v) is 2.45. The molecule has 0 radical (unpaired) electrons. The first-order chi connectivity index (χ1) is 11.8. The van der Waals surface area contributed by atoms with Crippen LogP contribution in [0.2, 0.25) is 0 Å². The minimum Gasteiger partial charge on any atom is -0.353 e. The summed E-state index contributed by atoms with van der Waals surface area (Å²) in [6.45, 7) is 10.5. The van der Waals surface area contributed by atoms with E-state index in [2.05, 4.69) is 15.5 Å². The van der Waals surface area contributed by atoms with Crippen LogP contribution in [0.5, 0.6) is 0 Å². The minimum atomic E-state index is -0.957. The van der Waals surface area contributed by atoms with E-state index >= 15 is 0 Å². The number of hydrogen-bond donors (Lipinski definition) is 2. The second-order valence-corrected chi connectivity index (χ2v) is 6.11. The summed E-state index contributed by atoms with van der Waals surface area (Å²) in [5.74, 6) is -3.45. The zero-order valence-electron chi connectivity index (χ0n) is 15.2. The summed E-state index contributed by atoms with van der Waals surface area (Å²) in [5.41, 5.74) is -0.677. The number of rotatable bonds is 9. The summed E-state index contributed by atoms with van der Waals surface area (Å²) in [4.78, 5) is 26.7. The summed E-state index contributed by atoms with van der Waals surface area (Å²) in [6.07, 6.45) is 0. The highest BCUT2D eigenvalue weighted by Gasteiger charge is 2.27. The molecule has 0 spiro atoms. The zero-order chi connectivity index (χ0) is 19.0. The number of nitrogens with one attached hydrogen (secondary N) is 2. The van der Waals surface area contributed by atoms with E-state index in [4.69, 9.17) is 0 Å². The molecular weight excluding hydrogens is 328 g/mol. The van der Waals surface area contributed by atoms with Crippen molar-refractivity contribution in [2.45, 2.75) is 33.7 Å². The molecule has 1 aromatic rings. The Kier molecular flexibility index (Phi) is 8.48. The van der Waals surface area contributed by atoms with E-state index in [-0.39, 0.29) is 11.8 Å². The van der Waals surface area contributed by atoms with Gasteiger partial charge in [-0.05, 0) is 31.1 Å². The molecule has 0 saturated heterocycles. The van der Waals surface area contributed by atoms with Crippen LogP contribution in [0.3, 0.4) is 0 Å². The molecule has 2 amide bonds. The molecule has 25 heavy (non-hydrogen) atoms. The van der Waals surface area contributed by atoms with Gasteiger partial charge in [-0.1, -0.05) is 33.8 Å². The molecular formula is C18H27F2N3O2. The Balaban J connectivity index is 2.73. The Bertz CT molecular complexity index is 569. The fourth-order valence-electron chi connectivity index (χ4n) is 2.45. The van der Waals surface area contributed by atoms with Crippen LogP contribution in [0.15, 0.2) is 18.2 Å². The van der Waals surface area contributed by atoms with Gasteiger partial charge in [0.2, 0.25) is 5.91 Å². The molecule has 1 unspecified atom stereocenters. The molecule has 0 aliphatic carbocycles. The first-order valence-corrected chi connectivity index (χ1v) is 8.56. The number of carbonyl (C=O) groups is 2. The summed E-state index contributed by atoms with van der Waals surface area (Å²) in [6, 6.07) is 2.32. The van der Waals surface area contributed by atoms with Crippen molar-refractivity contribution in [2.75, 3.05) is 26.2 Å². The Labute approximate surface area is 147 Å². The van der Waals surface area contributed by atoms with Gasteiger partial charge in [0.05, 0.1) is 0 Å². The first kappa shape index (κ1) is 21.0. The van der Waals surface area contributed by atoms with E-state index in [9.17, 15) is 18.4 Å². The van der Waals surface area contributed by atoms with Crippen LogP contribution in [-0.2, 0) is 4.79 Å². The fraction of sp³-hybridized carbons (Fsp3) is 0.556. The van der Waals surface area contributed by atoms with Gasteiger partial charge in [0.15, 0.2) is 0 Å². The number of benzene rings is 1. The molecule has 7 heteroatoms. The molecule has 1 atom stereocenters. The van der Waals surface area contributed by atoms with Crippen molar-refractivity contribution in [3.8, 4) is 0 Å². The van der Waals surface area contributed by atoms with Crippen LogP contribution in [0.1, 0.15) is 38.1 Å². The van der Waals surface area contributed by atoms with Gasteiger partial charge in [-0.15, -0.1) is 0 Å². The average Bonchev–Trinajstić information content (AvgIpc) is 2.56. The number of likely N-dealkylation sites (N-methyl/N-ethyl adjacent to an activating group) is 1. The number of nitrogens with zero attached hydrogens (tertiary/aromatic N) is 1. The summed E-state index contributed by atoms with van der Waals surface area (Å²) in [7, 11) is 0. The Morgan fingerprint density at radius 2 is 1.68 bits per heavy atom. The van der Waals surface area contributed by atoms with E-state index < -0.39 is 29.1 Å². The third-order valence-electron chi connectivity index (χ3n) is 4.05. The highest BCUT2D eigenvalue weighted by Crippen LogP contribution is 2.13. The largest absolute Gasteiger partial charge is 0.353 e. The first-order valence-electron chi connectivity index (χ1n) is 8.56. The lowest BCUT2D eigenvalue weighted by atomic mass is 10.0. The number of amides is 2. The van der Waals surface area contributed by atoms with Crippen LogP contribution in [0.25, 0.3) is 0 Å². The lowest BCUT2D eigenvalue weighted by molar-refractivity contribution is -0.124. The predicted molar refractivity (Wildman–Crippen MR) is 93.2 cm³/mol. The topological polar surface area (TPSA) is 61.4 Å². The van der Waals surface area contributed by atoms with E-state index in [0.717, 1.165) is 25.2 Å². The summed E-state index contributed by atoms with van der Waals surface area (Å²) in [5, 5.41) is 5.20. The number of halogens is 2. The molecule has 0 aliphatic heterocycles. The third-order valence-corrected chi connectivity index (χ3v) is 4.05. The molecule has 0 bridgehead atoms. The molecule has 0 saturated carbocycles. The van der Waals surface area contributed by atoms with Gasteiger partial charge in [-0.25, -0.2) is 8.78 Å². The maximum Gasteiger partial charge on any atom is 0.257 e. The monoisotopic (exact) mass is 355 g/mol. The SMILES string of the molecule is CCN(CC)CCNC(=O)C(NC(=O)c1c(F)cccc1F)C(C)C. The van der Waals surface area contributed by atoms with Crippen LogP contribution >= 0.6 is 0 Å². The van der Waals surface area contributed by atoms with E-state index in [1.165, 1.54) is 6.07 Å². The van der Waals surface area contributed by atoms with Crippen LogP contribution in [-0.4, -0.2) is 48.9 Å².